The van der Waals surface area contributed by atoms with E-state index in [1.165, 1.54) is 17.7 Å². The zero-order valence-electron chi connectivity index (χ0n) is 8.78. The van der Waals surface area contributed by atoms with E-state index >= 15 is 0 Å². The minimum absolute atomic E-state index is 0.178. The van der Waals surface area contributed by atoms with Gasteiger partial charge in [-0.2, -0.15) is 0 Å². The molecule has 3 N–H and O–H groups in total. The number of hydrogen-bond acceptors (Lipinski definition) is 3. The molecule has 94 valence electrons. The second-order valence-electron chi connectivity index (χ2n) is 3.29. The molecule has 0 aliphatic carbocycles. The summed E-state index contributed by atoms with van der Waals surface area (Å²) in [5, 5.41) is 20.1. The van der Waals surface area contributed by atoms with Gasteiger partial charge in [-0.05, 0) is 6.07 Å². The van der Waals surface area contributed by atoms with Crippen molar-refractivity contribution >= 4 is 35.1 Å². The number of carbonyl (C=O) groups excluding carboxylic acids is 1. The van der Waals surface area contributed by atoms with Crippen molar-refractivity contribution in [2.45, 2.75) is 6.10 Å². The van der Waals surface area contributed by atoms with E-state index in [9.17, 15) is 9.59 Å². The number of amides is 1. The Balaban J connectivity index is 2.71. The molecular weight excluding hydrogens is 271 g/mol. The van der Waals surface area contributed by atoms with Crippen molar-refractivity contribution in [2.24, 2.45) is 7.05 Å². The van der Waals surface area contributed by atoms with Crippen molar-refractivity contribution in [2.75, 3.05) is 6.54 Å². The first-order valence-electron chi connectivity index (χ1n) is 4.54. The lowest BCUT2D eigenvalue weighted by Crippen LogP contribution is -2.37. The first-order valence-corrected chi connectivity index (χ1v) is 5.30. The van der Waals surface area contributed by atoms with E-state index in [4.69, 9.17) is 33.4 Å². The van der Waals surface area contributed by atoms with Gasteiger partial charge in [-0.25, -0.2) is 4.79 Å². The Hall–Kier alpha value is -1.24. The number of aliphatic carboxylic acids is 1. The number of nitrogens with zero attached hydrogens (tertiary/aromatic N) is 1. The average Bonchev–Trinajstić information content (AvgIpc) is 2.53. The summed E-state index contributed by atoms with van der Waals surface area (Å²) < 4.78 is 1.35. The van der Waals surface area contributed by atoms with E-state index in [0.29, 0.717) is 0 Å². The molecule has 0 saturated heterocycles. The Kier molecular flexibility index (Phi) is 4.39. The quantitative estimate of drug-likeness (QED) is 0.749. The third-order valence-corrected chi connectivity index (χ3v) is 2.93. The van der Waals surface area contributed by atoms with Crippen LogP contribution in [0.4, 0.5) is 0 Å². The maximum atomic E-state index is 11.6. The molecule has 1 aromatic rings. The number of halogens is 2. The molecule has 0 saturated carbocycles. The van der Waals surface area contributed by atoms with Gasteiger partial charge in [-0.15, -0.1) is 0 Å². The number of carbonyl (C=O) groups is 2. The van der Waals surface area contributed by atoms with Crippen LogP contribution >= 0.6 is 23.2 Å². The minimum atomic E-state index is -1.65. The molecule has 8 heteroatoms. The number of rotatable bonds is 4. The predicted molar refractivity (Wildman–Crippen MR) is 61.4 cm³/mol. The second-order valence-corrected chi connectivity index (χ2v) is 4.06. The monoisotopic (exact) mass is 280 g/mol. The molecule has 1 heterocycles. The molecule has 0 radical (unpaired) electrons. The minimum Gasteiger partial charge on any atom is -0.479 e. The highest BCUT2D eigenvalue weighted by atomic mass is 35.5. The summed E-state index contributed by atoms with van der Waals surface area (Å²) in [6.45, 7) is -0.394. The number of aromatic nitrogens is 1. The molecule has 0 fully saturated rings. The highest BCUT2D eigenvalue weighted by Crippen LogP contribution is 2.24. The van der Waals surface area contributed by atoms with Crippen LogP contribution in [-0.4, -0.2) is 39.3 Å². The molecule has 0 aliphatic heterocycles. The van der Waals surface area contributed by atoms with Crippen molar-refractivity contribution < 1.29 is 19.8 Å². The molecule has 0 aromatic carbocycles. The van der Waals surface area contributed by atoms with Gasteiger partial charge < -0.3 is 20.1 Å². The van der Waals surface area contributed by atoms with Crippen LogP contribution in [0.25, 0.3) is 0 Å². The first-order chi connectivity index (χ1) is 7.84. The molecule has 1 amide bonds. The van der Waals surface area contributed by atoms with Crippen LogP contribution in [0.3, 0.4) is 0 Å². The van der Waals surface area contributed by atoms with Gasteiger partial charge in [-0.1, -0.05) is 23.2 Å². The smallest absolute Gasteiger partial charge is 0.334 e. The Morgan fingerprint density at radius 1 is 1.53 bits per heavy atom. The molecule has 1 rings (SSSR count). The Morgan fingerprint density at radius 3 is 2.53 bits per heavy atom. The zero-order valence-corrected chi connectivity index (χ0v) is 10.3. The van der Waals surface area contributed by atoms with Gasteiger partial charge in [0.05, 0.1) is 11.6 Å². The van der Waals surface area contributed by atoms with E-state index in [0.717, 1.165) is 0 Å². The fourth-order valence-corrected chi connectivity index (χ4v) is 1.50. The van der Waals surface area contributed by atoms with Crippen LogP contribution in [0, 0.1) is 0 Å². The van der Waals surface area contributed by atoms with E-state index < -0.39 is 24.5 Å². The second kappa shape index (κ2) is 5.39. The van der Waals surface area contributed by atoms with Crippen LogP contribution < -0.4 is 5.32 Å². The third-order valence-electron chi connectivity index (χ3n) is 2.09. The van der Waals surface area contributed by atoms with Crippen molar-refractivity contribution in [3.8, 4) is 0 Å². The van der Waals surface area contributed by atoms with Gasteiger partial charge in [0.25, 0.3) is 5.91 Å². The first kappa shape index (κ1) is 13.8. The molecule has 0 spiro atoms. The molecule has 1 atom stereocenters. The molecule has 1 aromatic heterocycles. The number of hydrogen-bond donors (Lipinski definition) is 3. The lowest BCUT2D eigenvalue weighted by atomic mass is 10.3. The van der Waals surface area contributed by atoms with Gasteiger partial charge in [-0.3, -0.25) is 4.79 Å². The van der Waals surface area contributed by atoms with Crippen LogP contribution in [0.1, 0.15) is 10.5 Å². The summed E-state index contributed by atoms with van der Waals surface area (Å²) in [6.07, 6.45) is -1.65. The highest BCUT2D eigenvalue weighted by molar-refractivity contribution is 6.41. The molecule has 0 aliphatic rings. The lowest BCUT2D eigenvalue weighted by Gasteiger charge is -2.08. The standard InChI is InChI=1S/C9H10Cl2N2O4/c1-13-5(2-4(10)7(13)11)8(15)12-3-6(14)9(16)17/h2,6,14H,3H2,1H3,(H,12,15)(H,16,17)/t6-/m0/s1. The number of carboxylic acids is 1. The summed E-state index contributed by atoms with van der Waals surface area (Å²) in [6, 6.07) is 1.35. The SMILES string of the molecule is Cn1c(C(=O)NC[C@H](O)C(=O)O)cc(Cl)c1Cl. The summed E-state index contributed by atoms with van der Waals surface area (Å²) in [7, 11) is 1.54. The van der Waals surface area contributed by atoms with Gasteiger partial charge in [0.1, 0.15) is 10.8 Å². The summed E-state index contributed by atoms with van der Waals surface area (Å²) in [4.78, 5) is 21.9. The largest absolute Gasteiger partial charge is 0.479 e. The van der Waals surface area contributed by atoms with E-state index in [1.54, 1.807) is 0 Å². The Labute approximate surface area is 107 Å². The van der Waals surface area contributed by atoms with Gasteiger partial charge in [0, 0.05) is 7.05 Å². The fourth-order valence-electron chi connectivity index (χ4n) is 1.13. The maximum absolute atomic E-state index is 11.6. The van der Waals surface area contributed by atoms with E-state index in [-0.39, 0.29) is 15.9 Å². The Morgan fingerprint density at radius 2 is 2.12 bits per heavy atom. The van der Waals surface area contributed by atoms with Crippen LogP contribution in [0.2, 0.25) is 10.2 Å². The van der Waals surface area contributed by atoms with Crippen LogP contribution in [0.5, 0.6) is 0 Å². The average molecular weight is 281 g/mol. The molecule has 6 nitrogen and oxygen atoms in total. The zero-order chi connectivity index (χ0) is 13.2. The lowest BCUT2D eigenvalue weighted by molar-refractivity contribution is -0.146. The normalized spacial score (nSPS) is 12.2. The number of aliphatic hydroxyl groups is 1. The topological polar surface area (TPSA) is 91.6 Å². The molecule has 0 unspecified atom stereocenters. The highest BCUT2D eigenvalue weighted by Gasteiger charge is 2.18. The van der Waals surface area contributed by atoms with E-state index in [1.807, 2.05) is 0 Å². The summed E-state index contributed by atoms with van der Waals surface area (Å²) in [5.41, 5.74) is 0.178. The van der Waals surface area contributed by atoms with Gasteiger partial charge >= 0.3 is 5.97 Å². The van der Waals surface area contributed by atoms with Crippen molar-refractivity contribution in [3.05, 3.63) is 21.9 Å². The molecular formula is C9H10Cl2N2O4. The van der Waals surface area contributed by atoms with Crippen LogP contribution in [0.15, 0.2) is 6.07 Å². The Bertz CT molecular complexity index is 458. The number of carboxylic acid groups (broad SMARTS) is 1. The maximum Gasteiger partial charge on any atom is 0.334 e. The fraction of sp³-hybridized carbons (Fsp3) is 0.333. The van der Waals surface area contributed by atoms with Crippen molar-refractivity contribution in [1.29, 1.82) is 0 Å². The van der Waals surface area contributed by atoms with Crippen molar-refractivity contribution in [1.82, 2.24) is 9.88 Å². The van der Waals surface area contributed by atoms with E-state index in [2.05, 4.69) is 5.32 Å². The summed E-state index contributed by atoms with van der Waals surface area (Å²) in [5.74, 6) is -1.98. The van der Waals surface area contributed by atoms with Gasteiger partial charge in [0.2, 0.25) is 0 Å². The molecule has 0 bridgehead atoms. The third kappa shape index (κ3) is 3.12. The van der Waals surface area contributed by atoms with Gasteiger partial charge in [0.15, 0.2) is 6.10 Å². The summed E-state index contributed by atoms with van der Waals surface area (Å²) >= 11 is 11.5. The predicted octanol–water partition coefficient (Wildman–Crippen LogP) is 0.507. The van der Waals surface area contributed by atoms with Crippen molar-refractivity contribution in [3.63, 3.8) is 0 Å². The number of nitrogens with one attached hydrogen (secondary N) is 1. The number of aliphatic hydroxyl groups excluding tert-OH is 1. The molecule has 17 heavy (non-hydrogen) atoms. The van der Waals surface area contributed by atoms with Crippen LogP contribution in [-0.2, 0) is 11.8 Å².